The Bertz CT molecular complexity index is 356. The molecular formula is C7H4F5NO. The largest absolute Gasteiger partial charge is 0.262 e. The maximum Gasteiger partial charge on any atom is 0.245 e. The van der Waals surface area contributed by atoms with Crippen molar-refractivity contribution in [3.05, 3.63) is 34.9 Å². The summed E-state index contributed by atoms with van der Waals surface area (Å²) in [5.74, 6) is -3.40. The second-order valence-corrected chi connectivity index (χ2v) is 2.34. The Morgan fingerprint density at radius 1 is 1.07 bits per heavy atom. The Morgan fingerprint density at radius 3 is 2.14 bits per heavy atom. The minimum atomic E-state index is -2.56. The quantitative estimate of drug-likeness (QED) is 0.353. The lowest BCUT2D eigenvalue weighted by Crippen LogP contribution is -2.09. The van der Waals surface area contributed by atoms with E-state index < -0.39 is 35.2 Å². The van der Waals surface area contributed by atoms with Crippen LogP contribution in [0.1, 0.15) is 11.9 Å². The van der Waals surface area contributed by atoms with E-state index in [0.717, 1.165) is 0 Å². The van der Waals surface area contributed by atoms with E-state index in [9.17, 15) is 22.0 Å². The van der Waals surface area contributed by atoms with Crippen LogP contribution < -0.4 is 5.90 Å². The molecule has 1 atom stereocenters. The van der Waals surface area contributed by atoms with Gasteiger partial charge >= 0.3 is 0 Å². The summed E-state index contributed by atoms with van der Waals surface area (Å²) in [7, 11) is 0. The molecule has 0 amide bonds. The van der Waals surface area contributed by atoms with Crippen LogP contribution >= 0.6 is 0 Å². The lowest BCUT2D eigenvalue weighted by atomic mass is 10.2. The van der Waals surface area contributed by atoms with Gasteiger partial charge in [-0.1, -0.05) is 0 Å². The minimum Gasteiger partial charge on any atom is -0.262 e. The Kier molecular flexibility index (Phi) is 3.02. The first-order valence-corrected chi connectivity index (χ1v) is 3.31. The van der Waals surface area contributed by atoms with Gasteiger partial charge in [-0.15, -0.1) is 0 Å². The summed E-state index contributed by atoms with van der Waals surface area (Å²) in [5, 5.41) is 0. The highest BCUT2D eigenvalue weighted by atomic mass is 19.2. The molecule has 0 bridgehead atoms. The van der Waals surface area contributed by atoms with Crippen LogP contribution in [0.3, 0.4) is 0 Å². The van der Waals surface area contributed by atoms with Crippen molar-refractivity contribution in [2.45, 2.75) is 6.36 Å². The number of hydrogen-bond acceptors (Lipinski definition) is 2. The average molecular weight is 213 g/mol. The standard InChI is InChI=1S/C7H4F5NO/c8-3-1-2(7(12)14-13)4(9)6(11)5(3)10/h1,7H,13H2. The SMILES string of the molecule is NOC(F)c1cc(F)c(F)c(F)c1F. The van der Waals surface area contributed by atoms with Gasteiger partial charge in [-0.2, -0.15) is 0 Å². The third-order valence-electron chi connectivity index (χ3n) is 1.49. The van der Waals surface area contributed by atoms with E-state index >= 15 is 0 Å². The van der Waals surface area contributed by atoms with Crippen LogP contribution in [0.15, 0.2) is 6.07 Å². The fourth-order valence-corrected chi connectivity index (χ4v) is 0.830. The van der Waals surface area contributed by atoms with Crippen LogP contribution in [-0.4, -0.2) is 0 Å². The summed E-state index contributed by atoms with van der Waals surface area (Å²) in [6.45, 7) is 0. The molecule has 0 fully saturated rings. The molecule has 2 N–H and O–H groups in total. The third kappa shape index (κ3) is 1.68. The second-order valence-electron chi connectivity index (χ2n) is 2.34. The van der Waals surface area contributed by atoms with Crippen molar-refractivity contribution in [2.24, 2.45) is 5.90 Å². The molecule has 1 unspecified atom stereocenters. The molecule has 0 saturated carbocycles. The molecule has 0 heterocycles. The Balaban J connectivity index is 3.33. The van der Waals surface area contributed by atoms with Crippen LogP contribution in [0.5, 0.6) is 0 Å². The van der Waals surface area contributed by atoms with Crippen LogP contribution in [0.2, 0.25) is 0 Å². The van der Waals surface area contributed by atoms with E-state index in [-0.39, 0.29) is 6.07 Å². The van der Waals surface area contributed by atoms with Gasteiger partial charge in [0.25, 0.3) is 0 Å². The van der Waals surface area contributed by atoms with Crippen molar-refractivity contribution in [3.63, 3.8) is 0 Å². The summed E-state index contributed by atoms with van der Waals surface area (Å²) in [6, 6.07) is 0.130. The number of hydrogen-bond donors (Lipinski definition) is 1. The van der Waals surface area contributed by atoms with Crippen LogP contribution in [0.4, 0.5) is 22.0 Å². The van der Waals surface area contributed by atoms with E-state index in [2.05, 4.69) is 10.7 Å². The fourth-order valence-electron chi connectivity index (χ4n) is 0.830. The molecule has 0 aliphatic rings. The fraction of sp³-hybridized carbons (Fsp3) is 0.143. The van der Waals surface area contributed by atoms with Crippen molar-refractivity contribution in [2.75, 3.05) is 0 Å². The average Bonchev–Trinajstić information content (AvgIpc) is 2.19. The van der Waals surface area contributed by atoms with E-state index in [4.69, 9.17) is 0 Å². The van der Waals surface area contributed by atoms with Crippen molar-refractivity contribution in [3.8, 4) is 0 Å². The molecule has 0 aliphatic carbocycles. The van der Waals surface area contributed by atoms with Crippen LogP contribution in [-0.2, 0) is 4.84 Å². The molecule has 14 heavy (non-hydrogen) atoms. The highest BCUT2D eigenvalue weighted by molar-refractivity contribution is 5.22. The van der Waals surface area contributed by atoms with Gasteiger partial charge in [0.15, 0.2) is 23.3 Å². The van der Waals surface area contributed by atoms with Gasteiger partial charge in [0.2, 0.25) is 6.36 Å². The molecule has 1 aromatic carbocycles. The number of benzene rings is 1. The number of nitrogens with two attached hydrogens (primary N) is 1. The van der Waals surface area contributed by atoms with Gasteiger partial charge < -0.3 is 0 Å². The van der Waals surface area contributed by atoms with E-state index in [1.54, 1.807) is 0 Å². The van der Waals surface area contributed by atoms with Gasteiger partial charge in [-0.25, -0.2) is 27.8 Å². The summed E-state index contributed by atoms with van der Waals surface area (Å²) < 4.78 is 62.6. The topological polar surface area (TPSA) is 35.2 Å². The zero-order valence-electron chi connectivity index (χ0n) is 6.53. The molecule has 0 aromatic heterocycles. The van der Waals surface area contributed by atoms with Gasteiger partial charge in [-0.05, 0) is 6.07 Å². The molecule has 0 radical (unpaired) electrons. The number of rotatable bonds is 2. The second kappa shape index (κ2) is 3.89. The molecule has 0 saturated heterocycles. The molecule has 0 spiro atoms. The normalized spacial score (nSPS) is 13.0. The summed E-state index contributed by atoms with van der Waals surface area (Å²) in [6.07, 6.45) is -2.56. The van der Waals surface area contributed by atoms with Crippen LogP contribution in [0.25, 0.3) is 0 Å². The number of halogens is 5. The highest BCUT2D eigenvalue weighted by Gasteiger charge is 2.24. The molecule has 1 aromatic rings. The zero-order valence-corrected chi connectivity index (χ0v) is 6.53. The summed E-state index contributed by atoms with van der Waals surface area (Å²) in [5.41, 5.74) is -1.14. The number of alkyl halides is 1. The Labute approximate surface area is 75.0 Å². The van der Waals surface area contributed by atoms with E-state index in [1.807, 2.05) is 0 Å². The molecule has 2 nitrogen and oxygen atoms in total. The first kappa shape index (κ1) is 10.9. The molecular weight excluding hydrogens is 209 g/mol. The van der Waals surface area contributed by atoms with E-state index in [0.29, 0.717) is 0 Å². The highest BCUT2D eigenvalue weighted by Crippen LogP contribution is 2.25. The van der Waals surface area contributed by atoms with Crippen molar-refractivity contribution >= 4 is 0 Å². The van der Waals surface area contributed by atoms with Crippen molar-refractivity contribution in [1.82, 2.24) is 0 Å². The molecule has 0 aliphatic heterocycles. The monoisotopic (exact) mass is 213 g/mol. The van der Waals surface area contributed by atoms with Gasteiger partial charge in [0, 0.05) is 0 Å². The summed E-state index contributed by atoms with van der Waals surface area (Å²) >= 11 is 0. The van der Waals surface area contributed by atoms with Crippen molar-refractivity contribution in [1.29, 1.82) is 0 Å². The first-order chi connectivity index (χ1) is 6.49. The lowest BCUT2D eigenvalue weighted by Gasteiger charge is -2.08. The zero-order chi connectivity index (χ0) is 10.9. The maximum absolute atomic E-state index is 12.7. The van der Waals surface area contributed by atoms with Crippen molar-refractivity contribution < 1.29 is 26.8 Å². The molecule has 78 valence electrons. The van der Waals surface area contributed by atoms with Crippen LogP contribution in [0, 0.1) is 23.3 Å². The first-order valence-electron chi connectivity index (χ1n) is 3.31. The molecule has 7 heteroatoms. The maximum atomic E-state index is 12.7. The van der Waals surface area contributed by atoms with Gasteiger partial charge in [0.1, 0.15) is 0 Å². The lowest BCUT2D eigenvalue weighted by molar-refractivity contribution is -0.0459. The summed E-state index contributed by atoms with van der Waals surface area (Å²) in [4.78, 5) is 3.50. The minimum absolute atomic E-state index is 0.130. The Hall–Kier alpha value is -1.21. The van der Waals surface area contributed by atoms with E-state index in [1.165, 1.54) is 0 Å². The van der Waals surface area contributed by atoms with Gasteiger partial charge in [0.05, 0.1) is 5.56 Å². The third-order valence-corrected chi connectivity index (χ3v) is 1.49. The van der Waals surface area contributed by atoms with Gasteiger partial charge in [-0.3, -0.25) is 4.84 Å². The molecule has 1 rings (SSSR count). The Morgan fingerprint density at radius 2 is 1.64 bits per heavy atom. The predicted molar refractivity (Wildman–Crippen MR) is 35.4 cm³/mol. The predicted octanol–water partition coefficient (Wildman–Crippen LogP) is 2.10. The smallest absolute Gasteiger partial charge is 0.245 e.